The van der Waals surface area contributed by atoms with Crippen molar-refractivity contribution in [3.05, 3.63) is 24.3 Å². The second kappa shape index (κ2) is 5.85. The minimum Gasteiger partial charge on any atom is -0.381 e. The lowest BCUT2D eigenvalue weighted by atomic mass is 10.1. The fraction of sp³-hybridized carbons (Fsp3) is 0.625. The summed E-state index contributed by atoms with van der Waals surface area (Å²) in [5.74, 6) is 2.30. The molecule has 6 heteroatoms. The summed E-state index contributed by atoms with van der Waals surface area (Å²) in [5.41, 5.74) is 1.12. The van der Waals surface area contributed by atoms with E-state index >= 15 is 0 Å². The number of H-pyrrole nitrogens is 1. The van der Waals surface area contributed by atoms with E-state index in [1.807, 2.05) is 12.4 Å². The number of aromatic nitrogens is 4. The van der Waals surface area contributed by atoms with Crippen molar-refractivity contribution < 1.29 is 4.74 Å². The number of aromatic amines is 1. The molecule has 0 aliphatic carbocycles. The molecule has 2 aromatic heterocycles. The zero-order valence-corrected chi connectivity index (χ0v) is 13.0. The molecule has 2 aliphatic heterocycles. The Balaban J connectivity index is 1.68. The van der Waals surface area contributed by atoms with Crippen LogP contribution in [0.5, 0.6) is 0 Å². The Morgan fingerprint density at radius 1 is 1.27 bits per heavy atom. The SMILES string of the molecule is CN1CCC(n2nc([C@H]3CCOC3)nc2-c2cc[nH]c2)CC1. The second-order valence-corrected chi connectivity index (χ2v) is 6.43. The highest BCUT2D eigenvalue weighted by atomic mass is 16.5. The molecule has 1 N–H and O–H groups in total. The van der Waals surface area contributed by atoms with Gasteiger partial charge in [0.1, 0.15) is 0 Å². The Hall–Kier alpha value is -1.66. The standard InChI is InChI=1S/C16H23N5O/c1-20-7-3-14(4-8-20)21-16(12-2-6-17-10-12)18-15(19-21)13-5-9-22-11-13/h2,6,10,13-14,17H,3-5,7-9,11H2,1H3/t13-/m0/s1. The third-order valence-corrected chi connectivity index (χ3v) is 4.83. The summed E-state index contributed by atoms with van der Waals surface area (Å²) in [4.78, 5) is 10.4. The van der Waals surface area contributed by atoms with Gasteiger partial charge in [-0.3, -0.25) is 0 Å². The molecule has 4 heterocycles. The maximum Gasteiger partial charge on any atom is 0.160 e. The Morgan fingerprint density at radius 2 is 2.14 bits per heavy atom. The molecule has 6 nitrogen and oxygen atoms in total. The molecule has 2 fully saturated rings. The number of likely N-dealkylation sites (tertiary alicyclic amines) is 1. The number of nitrogens with zero attached hydrogens (tertiary/aromatic N) is 4. The van der Waals surface area contributed by atoms with Crippen LogP contribution in [0.25, 0.3) is 11.4 Å². The first kappa shape index (κ1) is 14.0. The molecule has 2 saturated heterocycles. The van der Waals surface area contributed by atoms with Crippen molar-refractivity contribution in [2.45, 2.75) is 31.2 Å². The van der Waals surface area contributed by atoms with Gasteiger partial charge in [-0.05, 0) is 45.5 Å². The number of ether oxygens (including phenoxy) is 1. The summed E-state index contributed by atoms with van der Waals surface area (Å²) in [6, 6.07) is 2.52. The highest BCUT2D eigenvalue weighted by Crippen LogP contribution is 2.30. The molecule has 0 amide bonds. The van der Waals surface area contributed by atoms with Gasteiger partial charge in [0.05, 0.1) is 12.6 Å². The zero-order valence-electron chi connectivity index (χ0n) is 13.0. The third-order valence-electron chi connectivity index (χ3n) is 4.83. The molecule has 2 aromatic rings. The lowest BCUT2D eigenvalue weighted by molar-refractivity contribution is 0.192. The predicted octanol–water partition coefficient (Wildman–Crippen LogP) is 2.04. The number of rotatable bonds is 3. The molecule has 0 unspecified atom stereocenters. The van der Waals surface area contributed by atoms with Crippen molar-refractivity contribution in [1.29, 1.82) is 0 Å². The molecule has 0 saturated carbocycles. The normalized spacial score (nSPS) is 24.1. The monoisotopic (exact) mass is 301 g/mol. The van der Waals surface area contributed by atoms with Crippen LogP contribution >= 0.6 is 0 Å². The van der Waals surface area contributed by atoms with E-state index in [0.29, 0.717) is 12.0 Å². The maximum atomic E-state index is 5.51. The van der Waals surface area contributed by atoms with Gasteiger partial charge in [-0.25, -0.2) is 9.67 Å². The minimum absolute atomic E-state index is 0.352. The molecule has 4 rings (SSSR count). The first-order chi connectivity index (χ1) is 10.8. The number of hydrogen-bond donors (Lipinski definition) is 1. The van der Waals surface area contributed by atoms with Crippen molar-refractivity contribution in [2.24, 2.45) is 0 Å². The molecule has 0 spiro atoms. The average Bonchev–Trinajstić information content (AvgIpc) is 3.27. The number of piperidine rings is 1. The van der Waals surface area contributed by atoms with Crippen molar-refractivity contribution in [3.8, 4) is 11.4 Å². The Kier molecular flexibility index (Phi) is 3.72. The summed E-state index contributed by atoms with van der Waals surface area (Å²) in [6.45, 7) is 3.83. The van der Waals surface area contributed by atoms with E-state index in [9.17, 15) is 0 Å². The van der Waals surface area contributed by atoms with Crippen LogP contribution in [-0.2, 0) is 4.74 Å². The summed E-state index contributed by atoms with van der Waals surface area (Å²) >= 11 is 0. The molecule has 0 radical (unpaired) electrons. The topological polar surface area (TPSA) is 59.0 Å². The van der Waals surface area contributed by atoms with E-state index in [1.165, 1.54) is 0 Å². The average molecular weight is 301 g/mol. The molecule has 2 aliphatic rings. The van der Waals surface area contributed by atoms with E-state index in [4.69, 9.17) is 14.8 Å². The molecule has 118 valence electrons. The van der Waals surface area contributed by atoms with E-state index in [1.54, 1.807) is 0 Å². The van der Waals surface area contributed by atoms with Crippen LogP contribution in [0.2, 0.25) is 0 Å². The lowest BCUT2D eigenvalue weighted by Gasteiger charge is -2.29. The summed E-state index contributed by atoms with van der Waals surface area (Å²) in [5, 5.41) is 4.89. The van der Waals surface area contributed by atoms with Gasteiger partial charge in [-0.2, -0.15) is 5.10 Å². The lowest BCUT2D eigenvalue weighted by Crippen LogP contribution is -2.32. The quantitative estimate of drug-likeness (QED) is 0.942. The van der Waals surface area contributed by atoms with Gasteiger partial charge >= 0.3 is 0 Å². The van der Waals surface area contributed by atoms with E-state index in [0.717, 1.165) is 62.8 Å². The van der Waals surface area contributed by atoms with Crippen LogP contribution < -0.4 is 0 Å². The highest BCUT2D eigenvalue weighted by molar-refractivity contribution is 5.54. The van der Waals surface area contributed by atoms with E-state index in [-0.39, 0.29) is 0 Å². The minimum atomic E-state index is 0.352. The maximum absolute atomic E-state index is 5.51. The first-order valence-corrected chi connectivity index (χ1v) is 8.17. The van der Waals surface area contributed by atoms with Crippen LogP contribution in [0.4, 0.5) is 0 Å². The molecular formula is C16H23N5O. The van der Waals surface area contributed by atoms with Gasteiger partial charge in [-0.1, -0.05) is 0 Å². The fourth-order valence-electron chi connectivity index (χ4n) is 3.40. The summed E-state index contributed by atoms with van der Waals surface area (Å²) in [7, 11) is 2.19. The summed E-state index contributed by atoms with van der Waals surface area (Å²) in [6.07, 6.45) is 7.26. The zero-order chi connectivity index (χ0) is 14.9. The number of hydrogen-bond acceptors (Lipinski definition) is 4. The van der Waals surface area contributed by atoms with Gasteiger partial charge < -0.3 is 14.6 Å². The number of nitrogens with one attached hydrogen (secondary N) is 1. The largest absolute Gasteiger partial charge is 0.381 e. The fourth-order valence-corrected chi connectivity index (χ4v) is 3.40. The van der Waals surface area contributed by atoms with Crippen LogP contribution in [0, 0.1) is 0 Å². The van der Waals surface area contributed by atoms with Crippen LogP contribution in [-0.4, -0.2) is 58.0 Å². The summed E-state index contributed by atoms with van der Waals surface area (Å²) < 4.78 is 7.68. The van der Waals surface area contributed by atoms with Crippen molar-refractivity contribution >= 4 is 0 Å². The Labute approximate surface area is 130 Å². The second-order valence-electron chi connectivity index (χ2n) is 6.43. The smallest absolute Gasteiger partial charge is 0.160 e. The molecule has 1 atom stereocenters. The highest BCUT2D eigenvalue weighted by Gasteiger charge is 2.28. The van der Waals surface area contributed by atoms with Gasteiger partial charge in [0.15, 0.2) is 11.6 Å². The van der Waals surface area contributed by atoms with Gasteiger partial charge in [-0.15, -0.1) is 0 Å². The molecular weight excluding hydrogens is 278 g/mol. The predicted molar refractivity (Wildman–Crippen MR) is 83.8 cm³/mol. The van der Waals surface area contributed by atoms with Crippen molar-refractivity contribution in [2.75, 3.05) is 33.4 Å². The van der Waals surface area contributed by atoms with E-state index in [2.05, 4.69) is 27.7 Å². The van der Waals surface area contributed by atoms with E-state index < -0.39 is 0 Å². The van der Waals surface area contributed by atoms with Gasteiger partial charge in [0.25, 0.3) is 0 Å². The van der Waals surface area contributed by atoms with Gasteiger partial charge in [0, 0.05) is 30.5 Å². The van der Waals surface area contributed by atoms with Crippen LogP contribution in [0.15, 0.2) is 18.5 Å². The van der Waals surface area contributed by atoms with Crippen molar-refractivity contribution in [1.82, 2.24) is 24.6 Å². The van der Waals surface area contributed by atoms with Crippen molar-refractivity contribution in [3.63, 3.8) is 0 Å². The van der Waals surface area contributed by atoms with Crippen LogP contribution in [0.3, 0.4) is 0 Å². The first-order valence-electron chi connectivity index (χ1n) is 8.17. The molecule has 0 aromatic carbocycles. The Morgan fingerprint density at radius 3 is 2.82 bits per heavy atom. The Bertz CT molecular complexity index is 607. The molecule has 0 bridgehead atoms. The third kappa shape index (κ3) is 2.57. The molecule has 22 heavy (non-hydrogen) atoms. The van der Waals surface area contributed by atoms with Crippen LogP contribution in [0.1, 0.15) is 37.0 Å². The van der Waals surface area contributed by atoms with Gasteiger partial charge in [0.2, 0.25) is 0 Å².